The van der Waals surface area contributed by atoms with E-state index in [2.05, 4.69) is 5.32 Å². The molecule has 8 nitrogen and oxygen atoms in total. The molecule has 32 heavy (non-hydrogen) atoms. The van der Waals surface area contributed by atoms with Crippen molar-refractivity contribution in [3.8, 4) is 11.1 Å². The Morgan fingerprint density at radius 3 is 2.16 bits per heavy atom. The first-order valence-electron chi connectivity index (χ1n) is 10.4. The molecule has 0 aliphatic heterocycles. The number of rotatable bonds is 9. The SMILES string of the molecule is COCCC(NC(=O)OCC1c2ccccc2-c2ccccc21)C(=O)N(C)[C@@H](C)C(=O)O. The summed E-state index contributed by atoms with van der Waals surface area (Å²) in [5.41, 5.74) is 4.41. The van der Waals surface area contributed by atoms with Gasteiger partial charge in [-0.2, -0.15) is 0 Å². The van der Waals surface area contributed by atoms with E-state index in [1.54, 1.807) is 0 Å². The summed E-state index contributed by atoms with van der Waals surface area (Å²) >= 11 is 0. The van der Waals surface area contributed by atoms with Crippen molar-refractivity contribution in [3.63, 3.8) is 0 Å². The van der Waals surface area contributed by atoms with Crippen molar-refractivity contribution in [3.05, 3.63) is 59.7 Å². The van der Waals surface area contributed by atoms with Crippen LogP contribution in [-0.2, 0) is 19.1 Å². The zero-order chi connectivity index (χ0) is 23.3. The van der Waals surface area contributed by atoms with Crippen LogP contribution in [0.5, 0.6) is 0 Å². The van der Waals surface area contributed by atoms with Gasteiger partial charge in [0, 0.05) is 33.1 Å². The number of hydrogen-bond donors (Lipinski definition) is 2. The van der Waals surface area contributed by atoms with E-state index in [4.69, 9.17) is 9.47 Å². The fourth-order valence-corrected chi connectivity index (χ4v) is 3.88. The lowest BCUT2D eigenvalue weighted by atomic mass is 9.98. The number of likely N-dealkylation sites (N-methyl/N-ethyl adjacent to an activating group) is 1. The van der Waals surface area contributed by atoms with Crippen molar-refractivity contribution < 1.29 is 29.0 Å². The number of methoxy groups -OCH3 is 1. The molecule has 0 aromatic heterocycles. The average molecular weight is 440 g/mol. The molecule has 0 spiro atoms. The van der Waals surface area contributed by atoms with Crippen molar-refractivity contribution in [2.24, 2.45) is 0 Å². The van der Waals surface area contributed by atoms with Gasteiger partial charge in [-0.3, -0.25) is 4.79 Å². The van der Waals surface area contributed by atoms with Gasteiger partial charge in [0.1, 0.15) is 18.7 Å². The maximum atomic E-state index is 12.8. The predicted molar refractivity (Wildman–Crippen MR) is 118 cm³/mol. The second-order valence-electron chi connectivity index (χ2n) is 7.77. The van der Waals surface area contributed by atoms with Crippen LogP contribution in [0, 0.1) is 0 Å². The number of alkyl carbamates (subject to hydrolysis) is 1. The molecule has 0 bridgehead atoms. The molecule has 2 aromatic carbocycles. The molecule has 1 aliphatic rings. The largest absolute Gasteiger partial charge is 0.480 e. The lowest BCUT2D eigenvalue weighted by molar-refractivity contribution is -0.149. The summed E-state index contributed by atoms with van der Waals surface area (Å²) in [6.45, 7) is 1.74. The molecule has 0 heterocycles. The molecular weight excluding hydrogens is 412 g/mol. The minimum absolute atomic E-state index is 0.101. The van der Waals surface area contributed by atoms with Gasteiger partial charge in [0.2, 0.25) is 5.91 Å². The van der Waals surface area contributed by atoms with E-state index in [0.29, 0.717) is 0 Å². The Morgan fingerprint density at radius 1 is 1.06 bits per heavy atom. The summed E-state index contributed by atoms with van der Waals surface area (Å²) in [5.74, 6) is -1.76. The molecule has 0 saturated carbocycles. The summed E-state index contributed by atoms with van der Waals surface area (Å²) in [7, 11) is 2.87. The highest BCUT2D eigenvalue weighted by Crippen LogP contribution is 2.44. The van der Waals surface area contributed by atoms with Crippen LogP contribution >= 0.6 is 0 Å². The topological polar surface area (TPSA) is 105 Å². The van der Waals surface area contributed by atoms with Crippen LogP contribution in [0.1, 0.15) is 30.4 Å². The van der Waals surface area contributed by atoms with E-state index in [1.165, 1.54) is 21.1 Å². The van der Waals surface area contributed by atoms with E-state index in [9.17, 15) is 19.5 Å². The van der Waals surface area contributed by atoms with Gasteiger partial charge < -0.3 is 24.8 Å². The molecule has 2 N–H and O–H groups in total. The van der Waals surface area contributed by atoms with Gasteiger partial charge in [0.15, 0.2) is 0 Å². The van der Waals surface area contributed by atoms with E-state index in [0.717, 1.165) is 27.2 Å². The Morgan fingerprint density at radius 2 is 1.62 bits per heavy atom. The molecule has 1 unspecified atom stereocenters. The van der Waals surface area contributed by atoms with Crippen LogP contribution < -0.4 is 5.32 Å². The van der Waals surface area contributed by atoms with Gasteiger partial charge in [0.05, 0.1) is 0 Å². The second kappa shape index (κ2) is 10.3. The Kier molecular flexibility index (Phi) is 7.48. The summed E-state index contributed by atoms with van der Waals surface area (Å²) in [5, 5.41) is 11.7. The highest BCUT2D eigenvalue weighted by molar-refractivity contribution is 5.89. The number of ether oxygens (including phenoxy) is 2. The molecule has 1 aliphatic carbocycles. The Bertz CT molecular complexity index is 946. The molecule has 0 fully saturated rings. The molecular formula is C24H28N2O6. The molecule has 0 radical (unpaired) electrons. The van der Waals surface area contributed by atoms with Crippen molar-refractivity contribution in [2.45, 2.75) is 31.3 Å². The zero-order valence-electron chi connectivity index (χ0n) is 18.4. The fourth-order valence-electron chi connectivity index (χ4n) is 3.88. The number of fused-ring (bicyclic) bond motifs is 3. The third-order valence-electron chi connectivity index (χ3n) is 5.83. The predicted octanol–water partition coefficient (Wildman–Crippen LogP) is 2.86. The summed E-state index contributed by atoms with van der Waals surface area (Å²) in [4.78, 5) is 37.6. The number of amides is 2. The number of aliphatic carboxylic acids is 1. The number of nitrogens with one attached hydrogen (secondary N) is 1. The Balaban J connectivity index is 1.68. The highest BCUT2D eigenvalue weighted by atomic mass is 16.5. The lowest BCUT2D eigenvalue weighted by Crippen LogP contribution is -2.52. The average Bonchev–Trinajstić information content (AvgIpc) is 3.12. The fraction of sp³-hybridized carbons (Fsp3) is 0.375. The minimum Gasteiger partial charge on any atom is -0.480 e. The molecule has 8 heteroatoms. The molecule has 3 rings (SSSR count). The molecule has 2 amide bonds. The van der Waals surface area contributed by atoms with Crippen molar-refractivity contribution in [1.29, 1.82) is 0 Å². The number of hydrogen-bond acceptors (Lipinski definition) is 5. The van der Waals surface area contributed by atoms with E-state index in [1.807, 2.05) is 48.5 Å². The van der Waals surface area contributed by atoms with Crippen LogP contribution in [0.25, 0.3) is 11.1 Å². The van der Waals surface area contributed by atoms with Gasteiger partial charge in [-0.15, -0.1) is 0 Å². The first-order valence-corrected chi connectivity index (χ1v) is 10.4. The standard InChI is InChI=1S/C24H28N2O6/c1-15(23(28)29)26(2)22(27)21(12-13-31-3)25-24(30)32-14-20-18-10-6-4-8-16(18)17-9-5-7-11-19(17)20/h4-11,15,20-21H,12-14H2,1-3H3,(H,25,30)(H,28,29)/t15-,21?/m0/s1. The number of benzene rings is 2. The molecule has 170 valence electrons. The lowest BCUT2D eigenvalue weighted by Gasteiger charge is -2.27. The minimum atomic E-state index is -1.13. The summed E-state index contributed by atoms with van der Waals surface area (Å²) in [6.07, 6.45) is -0.548. The molecule has 2 aromatic rings. The number of carbonyl (C=O) groups is 3. The van der Waals surface area contributed by atoms with Gasteiger partial charge in [-0.1, -0.05) is 48.5 Å². The highest BCUT2D eigenvalue weighted by Gasteiger charge is 2.31. The van der Waals surface area contributed by atoms with Gasteiger partial charge >= 0.3 is 12.1 Å². The van der Waals surface area contributed by atoms with Gasteiger partial charge in [-0.25, -0.2) is 9.59 Å². The zero-order valence-corrected chi connectivity index (χ0v) is 18.4. The van der Waals surface area contributed by atoms with Crippen LogP contribution in [0.3, 0.4) is 0 Å². The van der Waals surface area contributed by atoms with E-state index in [-0.39, 0.29) is 25.6 Å². The first kappa shape index (κ1) is 23.3. The Hall–Kier alpha value is -3.39. The quantitative estimate of drug-likeness (QED) is 0.621. The number of carbonyl (C=O) groups excluding carboxylic acids is 2. The maximum absolute atomic E-state index is 12.8. The number of carboxylic acids is 1. The van der Waals surface area contributed by atoms with Crippen molar-refractivity contribution in [1.82, 2.24) is 10.2 Å². The number of nitrogens with zero attached hydrogens (tertiary/aromatic N) is 1. The third-order valence-corrected chi connectivity index (χ3v) is 5.83. The molecule has 0 saturated heterocycles. The van der Waals surface area contributed by atoms with E-state index >= 15 is 0 Å². The van der Waals surface area contributed by atoms with Gasteiger partial charge in [0.25, 0.3) is 0 Å². The van der Waals surface area contributed by atoms with Gasteiger partial charge in [-0.05, 0) is 29.2 Å². The Labute approximate surface area is 187 Å². The van der Waals surface area contributed by atoms with E-state index < -0.39 is 30.1 Å². The maximum Gasteiger partial charge on any atom is 0.407 e. The first-order chi connectivity index (χ1) is 15.3. The number of carboxylic acid groups (broad SMARTS) is 1. The molecule has 2 atom stereocenters. The third kappa shape index (κ3) is 4.91. The monoisotopic (exact) mass is 440 g/mol. The summed E-state index contributed by atoms with van der Waals surface area (Å²) in [6, 6.07) is 14.0. The normalized spacial score (nSPS) is 14.1. The van der Waals surface area contributed by atoms with Crippen molar-refractivity contribution in [2.75, 3.05) is 27.4 Å². The van der Waals surface area contributed by atoms with Crippen LogP contribution in [0.2, 0.25) is 0 Å². The van der Waals surface area contributed by atoms with Crippen LogP contribution in [0.15, 0.2) is 48.5 Å². The second-order valence-corrected chi connectivity index (χ2v) is 7.77. The van der Waals surface area contributed by atoms with Crippen molar-refractivity contribution >= 4 is 18.0 Å². The van der Waals surface area contributed by atoms with Crippen LogP contribution in [-0.4, -0.2) is 67.4 Å². The smallest absolute Gasteiger partial charge is 0.407 e. The van der Waals surface area contributed by atoms with Crippen LogP contribution in [0.4, 0.5) is 4.79 Å². The summed E-state index contributed by atoms with van der Waals surface area (Å²) < 4.78 is 10.5.